The number of nitrogens with zero attached hydrogens (tertiary/aromatic N) is 3. The molecule has 0 fully saturated rings. The van der Waals surface area contributed by atoms with Crippen molar-refractivity contribution >= 4 is 17.2 Å². The molecule has 136 valence electrons. The summed E-state index contributed by atoms with van der Waals surface area (Å²) in [5.41, 5.74) is 2.93. The highest BCUT2D eigenvalue weighted by Gasteiger charge is 2.22. The average molecular weight is 350 g/mol. The van der Waals surface area contributed by atoms with Crippen LogP contribution in [0.4, 0.5) is 5.69 Å². The fourth-order valence-corrected chi connectivity index (χ4v) is 2.70. The molecule has 1 amide bonds. The largest absolute Gasteiger partial charge is 0.326 e. The van der Waals surface area contributed by atoms with Crippen LogP contribution in [0.2, 0.25) is 0 Å². The molecular weight excluding hydrogens is 324 g/mol. The molecular formula is C21H26N4O. The van der Waals surface area contributed by atoms with Gasteiger partial charge in [-0.3, -0.25) is 9.20 Å². The Morgan fingerprint density at radius 3 is 2.54 bits per heavy atom. The van der Waals surface area contributed by atoms with Crippen LogP contribution in [0.25, 0.3) is 5.65 Å². The quantitative estimate of drug-likeness (QED) is 0.745. The third-order valence-corrected chi connectivity index (χ3v) is 4.95. The van der Waals surface area contributed by atoms with E-state index in [1.165, 1.54) is 0 Å². The molecule has 2 aromatic heterocycles. The summed E-state index contributed by atoms with van der Waals surface area (Å²) in [5, 5.41) is 11.4. The van der Waals surface area contributed by atoms with E-state index in [9.17, 15) is 4.79 Å². The number of pyridine rings is 1. The standard InChI is InChI=1S/C21H26N4O/c1-15(21(2,3)4)13-20(26)22-17-10-8-16(9-11-17)14-19-24-23-18-7-5-6-12-25(18)19/h5-12,15H,13-14H2,1-4H3,(H,22,26). The van der Waals surface area contributed by atoms with Crippen LogP contribution in [-0.4, -0.2) is 20.5 Å². The van der Waals surface area contributed by atoms with Gasteiger partial charge in [-0.15, -0.1) is 10.2 Å². The van der Waals surface area contributed by atoms with Gasteiger partial charge in [-0.1, -0.05) is 45.9 Å². The van der Waals surface area contributed by atoms with Crippen molar-refractivity contribution in [1.82, 2.24) is 14.6 Å². The van der Waals surface area contributed by atoms with Gasteiger partial charge in [0.15, 0.2) is 5.65 Å². The summed E-state index contributed by atoms with van der Waals surface area (Å²) in [7, 11) is 0. The highest BCUT2D eigenvalue weighted by atomic mass is 16.1. The first-order valence-corrected chi connectivity index (χ1v) is 9.00. The molecule has 0 aliphatic carbocycles. The van der Waals surface area contributed by atoms with Crippen LogP contribution in [-0.2, 0) is 11.2 Å². The Bertz CT molecular complexity index is 890. The third kappa shape index (κ3) is 4.28. The molecule has 26 heavy (non-hydrogen) atoms. The van der Waals surface area contributed by atoms with E-state index in [1.807, 2.05) is 53.1 Å². The van der Waals surface area contributed by atoms with E-state index in [1.54, 1.807) is 0 Å². The number of aromatic nitrogens is 3. The van der Waals surface area contributed by atoms with Crippen molar-refractivity contribution in [3.8, 4) is 0 Å². The lowest BCUT2D eigenvalue weighted by Gasteiger charge is -2.26. The lowest BCUT2D eigenvalue weighted by Crippen LogP contribution is -2.23. The van der Waals surface area contributed by atoms with Gasteiger partial charge in [0.1, 0.15) is 5.82 Å². The van der Waals surface area contributed by atoms with Crippen molar-refractivity contribution in [2.45, 2.75) is 40.5 Å². The minimum absolute atomic E-state index is 0.0589. The summed E-state index contributed by atoms with van der Waals surface area (Å²) in [6.45, 7) is 8.60. The fraction of sp³-hybridized carbons (Fsp3) is 0.381. The second-order valence-corrected chi connectivity index (χ2v) is 7.94. The summed E-state index contributed by atoms with van der Waals surface area (Å²) in [6, 6.07) is 13.8. The summed E-state index contributed by atoms with van der Waals surface area (Å²) in [4.78, 5) is 12.2. The lowest BCUT2D eigenvalue weighted by molar-refractivity contribution is -0.117. The van der Waals surface area contributed by atoms with E-state index in [-0.39, 0.29) is 11.3 Å². The van der Waals surface area contributed by atoms with Gasteiger partial charge in [0.2, 0.25) is 5.91 Å². The van der Waals surface area contributed by atoms with Gasteiger partial charge in [0, 0.05) is 24.7 Å². The Morgan fingerprint density at radius 2 is 1.85 bits per heavy atom. The van der Waals surface area contributed by atoms with Crippen LogP contribution >= 0.6 is 0 Å². The summed E-state index contributed by atoms with van der Waals surface area (Å²) in [6.07, 6.45) is 3.19. The normalized spacial score (nSPS) is 12.9. The maximum absolute atomic E-state index is 12.2. The highest BCUT2D eigenvalue weighted by Crippen LogP contribution is 2.28. The molecule has 3 aromatic rings. The van der Waals surface area contributed by atoms with Gasteiger partial charge in [-0.2, -0.15) is 0 Å². The summed E-state index contributed by atoms with van der Waals surface area (Å²) < 4.78 is 1.99. The predicted octanol–water partition coefficient (Wildman–Crippen LogP) is 4.33. The Balaban J connectivity index is 1.62. The molecule has 1 aromatic carbocycles. The molecule has 0 aliphatic heterocycles. The molecule has 0 radical (unpaired) electrons. The van der Waals surface area contributed by atoms with E-state index in [0.717, 1.165) is 22.7 Å². The second-order valence-electron chi connectivity index (χ2n) is 7.94. The average Bonchev–Trinajstić information content (AvgIpc) is 2.99. The first-order valence-electron chi connectivity index (χ1n) is 9.00. The number of rotatable bonds is 5. The molecule has 1 N–H and O–H groups in total. The molecule has 5 nitrogen and oxygen atoms in total. The highest BCUT2D eigenvalue weighted by molar-refractivity contribution is 5.90. The molecule has 1 atom stereocenters. The van der Waals surface area contributed by atoms with Gasteiger partial charge in [-0.25, -0.2) is 0 Å². The van der Waals surface area contributed by atoms with Crippen LogP contribution in [0, 0.1) is 11.3 Å². The maximum Gasteiger partial charge on any atom is 0.224 e. The SMILES string of the molecule is CC(CC(=O)Nc1ccc(Cc2nnc3ccccn23)cc1)C(C)(C)C. The van der Waals surface area contributed by atoms with Gasteiger partial charge in [-0.05, 0) is 41.2 Å². The van der Waals surface area contributed by atoms with Crippen molar-refractivity contribution in [3.05, 3.63) is 60.0 Å². The van der Waals surface area contributed by atoms with Crippen LogP contribution in [0.15, 0.2) is 48.7 Å². The maximum atomic E-state index is 12.2. The molecule has 0 spiro atoms. The molecule has 2 heterocycles. The number of fused-ring (bicyclic) bond motifs is 1. The van der Waals surface area contributed by atoms with Gasteiger partial charge in [0.05, 0.1) is 0 Å². The lowest BCUT2D eigenvalue weighted by atomic mass is 9.80. The van der Waals surface area contributed by atoms with E-state index in [2.05, 4.69) is 43.2 Å². The molecule has 3 rings (SSSR count). The molecule has 0 saturated carbocycles. The monoisotopic (exact) mass is 350 g/mol. The van der Waals surface area contributed by atoms with Crippen molar-refractivity contribution < 1.29 is 4.79 Å². The van der Waals surface area contributed by atoms with Crippen LogP contribution in [0.3, 0.4) is 0 Å². The Kier molecular flexibility index (Phi) is 5.07. The van der Waals surface area contributed by atoms with Crippen LogP contribution in [0.5, 0.6) is 0 Å². The van der Waals surface area contributed by atoms with Crippen LogP contribution < -0.4 is 5.32 Å². The minimum atomic E-state index is 0.0589. The first kappa shape index (κ1) is 18.1. The van der Waals surface area contributed by atoms with Gasteiger partial charge < -0.3 is 5.32 Å². The topological polar surface area (TPSA) is 59.3 Å². The molecule has 5 heteroatoms. The number of carbonyl (C=O) groups is 1. The molecule has 0 saturated heterocycles. The predicted molar refractivity (Wildman–Crippen MR) is 104 cm³/mol. The zero-order valence-electron chi connectivity index (χ0n) is 15.9. The van der Waals surface area contributed by atoms with E-state index < -0.39 is 0 Å². The number of amides is 1. The fourth-order valence-electron chi connectivity index (χ4n) is 2.70. The van der Waals surface area contributed by atoms with Crippen molar-refractivity contribution in [2.24, 2.45) is 11.3 Å². The summed E-state index contributed by atoms with van der Waals surface area (Å²) >= 11 is 0. The first-order chi connectivity index (χ1) is 12.3. The summed E-state index contributed by atoms with van der Waals surface area (Å²) in [5.74, 6) is 1.28. The molecule has 0 aliphatic rings. The minimum Gasteiger partial charge on any atom is -0.326 e. The second kappa shape index (κ2) is 7.28. The van der Waals surface area contributed by atoms with Crippen molar-refractivity contribution in [3.63, 3.8) is 0 Å². The Labute approximate surface area is 154 Å². The Hall–Kier alpha value is -2.69. The Morgan fingerprint density at radius 1 is 1.12 bits per heavy atom. The van der Waals surface area contributed by atoms with Gasteiger partial charge >= 0.3 is 0 Å². The number of benzene rings is 1. The zero-order chi connectivity index (χ0) is 18.7. The van der Waals surface area contributed by atoms with E-state index >= 15 is 0 Å². The molecule has 1 unspecified atom stereocenters. The molecule has 0 bridgehead atoms. The van der Waals surface area contributed by atoms with Crippen LogP contribution in [0.1, 0.15) is 45.5 Å². The third-order valence-electron chi connectivity index (χ3n) is 4.95. The van der Waals surface area contributed by atoms with Crippen molar-refractivity contribution in [2.75, 3.05) is 5.32 Å². The van der Waals surface area contributed by atoms with Gasteiger partial charge in [0.25, 0.3) is 0 Å². The van der Waals surface area contributed by atoms with E-state index in [4.69, 9.17) is 0 Å². The van der Waals surface area contributed by atoms with Crippen molar-refractivity contribution in [1.29, 1.82) is 0 Å². The smallest absolute Gasteiger partial charge is 0.224 e. The zero-order valence-corrected chi connectivity index (χ0v) is 15.9. The number of hydrogen-bond donors (Lipinski definition) is 1. The number of nitrogens with one attached hydrogen (secondary N) is 1. The number of anilines is 1. The number of hydrogen-bond acceptors (Lipinski definition) is 3. The van der Waals surface area contributed by atoms with E-state index in [0.29, 0.717) is 18.8 Å². The number of carbonyl (C=O) groups excluding carboxylic acids is 1.